The van der Waals surface area contributed by atoms with Gasteiger partial charge in [-0.05, 0) is 6.42 Å². The van der Waals surface area contributed by atoms with Gasteiger partial charge in [0.05, 0.1) is 0 Å². The molecule has 0 spiro atoms. The molecule has 0 amide bonds. The lowest BCUT2D eigenvalue weighted by atomic mass is 10.2. The highest BCUT2D eigenvalue weighted by Gasteiger charge is 2.39. The van der Waals surface area contributed by atoms with Crippen molar-refractivity contribution in [1.82, 2.24) is 9.55 Å². The van der Waals surface area contributed by atoms with Crippen molar-refractivity contribution < 1.29 is 23.8 Å². The fourth-order valence-corrected chi connectivity index (χ4v) is 2.55. The van der Waals surface area contributed by atoms with Gasteiger partial charge in [-0.15, -0.1) is 0 Å². The van der Waals surface area contributed by atoms with E-state index in [1.165, 1.54) is 24.6 Å². The zero-order valence-corrected chi connectivity index (χ0v) is 13.7. The maximum atomic E-state index is 12.0. The van der Waals surface area contributed by atoms with Crippen LogP contribution in [-0.4, -0.2) is 40.3 Å². The summed E-state index contributed by atoms with van der Waals surface area (Å²) in [6, 6.07) is 0. The molecule has 9 nitrogen and oxygen atoms in total. The van der Waals surface area contributed by atoms with Crippen LogP contribution in [0.15, 0.2) is 15.8 Å². The van der Waals surface area contributed by atoms with Gasteiger partial charge in [0.1, 0.15) is 25.0 Å². The fraction of sp³-hybridized carbons (Fsp3) is 0.600. The molecule has 1 aromatic rings. The van der Waals surface area contributed by atoms with E-state index in [2.05, 4.69) is 4.98 Å². The molecule has 24 heavy (non-hydrogen) atoms. The summed E-state index contributed by atoms with van der Waals surface area (Å²) in [5.41, 5.74) is -0.618. The van der Waals surface area contributed by atoms with Gasteiger partial charge >= 0.3 is 17.6 Å². The summed E-state index contributed by atoms with van der Waals surface area (Å²) in [4.78, 5) is 48.1. The Hall–Kier alpha value is -2.42. The molecule has 1 aliphatic heterocycles. The lowest BCUT2D eigenvalue weighted by Crippen LogP contribution is -2.34. The van der Waals surface area contributed by atoms with Crippen LogP contribution >= 0.6 is 0 Å². The minimum absolute atomic E-state index is 0.0947. The first-order valence-electron chi connectivity index (χ1n) is 7.62. The average Bonchev–Trinajstić information content (AvgIpc) is 2.87. The normalized spacial score (nSPS) is 23.0. The molecule has 1 N–H and O–H groups in total. The maximum Gasteiger partial charge on any atom is 0.330 e. The van der Waals surface area contributed by atoms with Gasteiger partial charge in [-0.1, -0.05) is 6.92 Å². The van der Waals surface area contributed by atoms with Gasteiger partial charge in [0.15, 0.2) is 0 Å². The van der Waals surface area contributed by atoms with E-state index in [0.717, 1.165) is 0 Å². The number of aromatic nitrogens is 2. The number of H-pyrrole nitrogens is 1. The third-order valence-electron chi connectivity index (χ3n) is 3.68. The Morgan fingerprint density at radius 3 is 2.62 bits per heavy atom. The van der Waals surface area contributed by atoms with E-state index in [4.69, 9.17) is 14.2 Å². The zero-order valence-electron chi connectivity index (χ0n) is 13.7. The predicted molar refractivity (Wildman–Crippen MR) is 81.4 cm³/mol. The van der Waals surface area contributed by atoms with Gasteiger partial charge in [0, 0.05) is 32.0 Å². The van der Waals surface area contributed by atoms with Crippen molar-refractivity contribution in [2.24, 2.45) is 0 Å². The largest absolute Gasteiger partial charge is 0.463 e. The fourth-order valence-electron chi connectivity index (χ4n) is 2.55. The molecule has 0 aliphatic carbocycles. The van der Waals surface area contributed by atoms with Crippen molar-refractivity contribution >= 4 is 11.9 Å². The van der Waals surface area contributed by atoms with Crippen LogP contribution in [0.25, 0.3) is 0 Å². The Labute approximate surface area is 137 Å². The van der Waals surface area contributed by atoms with Gasteiger partial charge in [0.2, 0.25) is 0 Å². The molecule has 3 atom stereocenters. The summed E-state index contributed by atoms with van der Waals surface area (Å²) in [5.74, 6) is -0.988. The maximum absolute atomic E-state index is 12.0. The lowest BCUT2D eigenvalue weighted by molar-refractivity contribution is -0.155. The van der Waals surface area contributed by atoms with Gasteiger partial charge in [-0.2, -0.15) is 0 Å². The number of hydrogen-bond acceptors (Lipinski definition) is 7. The molecule has 0 aromatic carbocycles. The molecule has 1 saturated heterocycles. The third-order valence-corrected chi connectivity index (χ3v) is 3.68. The molecule has 2 heterocycles. The van der Waals surface area contributed by atoms with Crippen molar-refractivity contribution in [3.8, 4) is 0 Å². The Bertz CT molecular complexity index is 736. The summed E-state index contributed by atoms with van der Waals surface area (Å²) in [5, 5.41) is 0. The average molecular weight is 340 g/mol. The van der Waals surface area contributed by atoms with Crippen molar-refractivity contribution in [2.75, 3.05) is 6.61 Å². The van der Waals surface area contributed by atoms with E-state index >= 15 is 0 Å². The number of aromatic amines is 1. The molecule has 1 aliphatic rings. The second kappa shape index (κ2) is 7.43. The monoisotopic (exact) mass is 340 g/mol. The highest BCUT2D eigenvalue weighted by Crippen LogP contribution is 2.30. The van der Waals surface area contributed by atoms with Crippen molar-refractivity contribution in [1.29, 1.82) is 0 Å². The Morgan fingerprint density at radius 2 is 2.04 bits per heavy atom. The SMILES string of the molecule is CCc1cn([C@H]2CC(OC(C)=O)[C@@H](COC(C)=O)O2)c(=O)[nH]c1=O. The lowest BCUT2D eigenvalue weighted by Gasteiger charge is -2.17. The van der Waals surface area contributed by atoms with Crippen LogP contribution in [0.1, 0.15) is 39.0 Å². The molecule has 132 valence electrons. The molecule has 1 fully saturated rings. The van der Waals surface area contributed by atoms with E-state index in [1.54, 1.807) is 6.92 Å². The van der Waals surface area contributed by atoms with Crippen LogP contribution in [-0.2, 0) is 30.2 Å². The summed E-state index contributed by atoms with van der Waals surface area (Å²) in [6.07, 6.45) is 0.0185. The van der Waals surface area contributed by atoms with E-state index in [0.29, 0.717) is 12.0 Å². The number of nitrogens with one attached hydrogen (secondary N) is 1. The second-order valence-electron chi connectivity index (χ2n) is 5.49. The minimum Gasteiger partial charge on any atom is -0.463 e. The van der Waals surface area contributed by atoms with Crippen LogP contribution in [0.4, 0.5) is 0 Å². The van der Waals surface area contributed by atoms with Gasteiger partial charge in [0.25, 0.3) is 5.56 Å². The van der Waals surface area contributed by atoms with Crippen LogP contribution in [0.3, 0.4) is 0 Å². The van der Waals surface area contributed by atoms with Crippen LogP contribution in [0.2, 0.25) is 0 Å². The second-order valence-corrected chi connectivity index (χ2v) is 5.49. The molecular formula is C15H20N2O7. The number of ether oxygens (including phenoxy) is 3. The van der Waals surface area contributed by atoms with Crippen LogP contribution in [0.5, 0.6) is 0 Å². The topological polar surface area (TPSA) is 117 Å². The van der Waals surface area contributed by atoms with Crippen LogP contribution < -0.4 is 11.2 Å². The first-order chi connectivity index (χ1) is 11.3. The van der Waals surface area contributed by atoms with Crippen molar-refractivity contribution in [2.45, 2.75) is 52.0 Å². The minimum atomic E-state index is -0.732. The number of aryl methyl sites for hydroxylation is 1. The van der Waals surface area contributed by atoms with Crippen LogP contribution in [0, 0.1) is 0 Å². The molecule has 0 bridgehead atoms. The van der Waals surface area contributed by atoms with Gasteiger partial charge in [-0.25, -0.2) is 4.79 Å². The first kappa shape index (κ1) is 17.9. The Morgan fingerprint density at radius 1 is 1.33 bits per heavy atom. The number of rotatable bonds is 5. The molecule has 9 heteroatoms. The highest BCUT2D eigenvalue weighted by molar-refractivity contribution is 5.66. The van der Waals surface area contributed by atoms with E-state index in [-0.39, 0.29) is 13.0 Å². The number of carbonyl (C=O) groups excluding carboxylic acids is 2. The Balaban J connectivity index is 2.25. The first-order valence-corrected chi connectivity index (χ1v) is 7.62. The van der Waals surface area contributed by atoms with Crippen molar-refractivity contribution in [3.05, 3.63) is 32.6 Å². The van der Waals surface area contributed by atoms with Gasteiger partial charge < -0.3 is 14.2 Å². The molecule has 0 radical (unpaired) electrons. The van der Waals surface area contributed by atoms with E-state index in [9.17, 15) is 19.2 Å². The molecule has 1 aromatic heterocycles. The predicted octanol–water partition coefficient (Wildman–Crippen LogP) is -0.119. The van der Waals surface area contributed by atoms with E-state index in [1.807, 2.05) is 0 Å². The highest BCUT2D eigenvalue weighted by atomic mass is 16.6. The summed E-state index contributed by atoms with van der Waals surface area (Å²) < 4.78 is 17.1. The quantitative estimate of drug-likeness (QED) is 0.743. The number of hydrogen-bond donors (Lipinski definition) is 1. The molecule has 0 saturated carbocycles. The summed E-state index contributed by atoms with van der Waals surface area (Å²) in [7, 11) is 0. The van der Waals surface area contributed by atoms with E-state index < -0.39 is 41.6 Å². The number of nitrogens with zero attached hydrogens (tertiary/aromatic N) is 1. The standard InChI is InChI=1S/C15H20N2O7/c1-4-10-6-17(15(21)16-14(10)20)13-5-11(23-9(3)19)12(24-13)7-22-8(2)18/h6,11-13H,4-5,7H2,1-3H3,(H,16,20,21)/t11?,12-,13-/m1/s1. The Kier molecular flexibility index (Phi) is 5.55. The molecule has 1 unspecified atom stereocenters. The van der Waals surface area contributed by atoms with Crippen molar-refractivity contribution in [3.63, 3.8) is 0 Å². The number of carbonyl (C=O) groups is 2. The third kappa shape index (κ3) is 4.10. The molecule has 2 rings (SSSR count). The molecular weight excluding hydrogens is 320 g/mol. The van der Waals surface area contributed by atoms with Gasteiger partial charge in [-0.3, -0.25) is 23.9 Å². The summed E-state index contributed by atoms with van der Waals surface area (Å²) in [6.45, 7) is 4.22. The number of esters is 2. The summed E-state index contributed by atoms with van der Waals surface area (Å²) >= 11 is 0. The smallest absolute Gasteiger partial charge is 0.330 e. The zero-order chi connectivity index (χ0) is 17.9.